The van der Waals surface area contributed by atoms with Gasteiger partial charge in [-0.3, -0.25) is 4.57 Å². The highest BCUT2D eigenvalue weighted by Crippen LogP contribution is 2.45. The molecule has 20 rings (SSSR count). The molecule has 4 aromatic heterocycles. The zero-order valence-electron chi connectivity index (χ0n) is 56.6. The van der Waals surface area contributed by atoms with Crippen molar-refractivity contribution in [3.05, 3.63) is 388 Å². The molecule has 104 heavy (non-hydrogen) atoms. The van der Waals surface area contributed by atoms with Gasteiger partial charge in [-0.2, -0.15) is 0 Å². The zero-order valence-corrected chi connectivity index (χ0v) is 56.6. The second-order valence-electron chi connectivity index (χ2n) is 26.4. The van der Waals surface area contributed by atoms with Crippen molar-refractivity contribution in [1.82, 2.24) is 29.1 Å². The molecule has 0 amide bonds. The molecule has 0 saturated heterocycles. The van der Waals surface area contributed by atoms with Crippen LogP contribution in [0.2, 0.25) is 0 Å². The summed E-state index contributed by atoms with van der Waals surface area (Å²) in [4.78, 5) is 20.5. The third-order valence-corrected chi connectivity index (χ3v) is 20.3. The second kappa shape index (κ2) is 26.3. The molecule has 0 unspecified atom stereocenters. The van der Waals surface area contributed by atoms with Crippen molar-refractivity contribution >= 4 is 75.9 Å². The Bertz CT molecular complexity index is 6490. The van der Waals surface area contributed by atoms with Crippen molar-refractivity contribution in [2.24, 2.45) is 0 Å². The molecule has 16 aromatic carbocycles. The highest BCUT2D eigenvalue weighted by molar-refractivity contribution is 6.26. The Morgan fingerprint density at radius 1 is 0.163 bits per heavy atom. The van der Waals surface area contributed by atoms with Crippen molar-refractivity contribution in [3.63, 3.8) is 0 Å². The molecule has 4 heterocycles. The van der Waals surface area contributed by atoms with Crippen LogP contribution in [0, 0.1) is 0 Å². The highest BCUT2D eigenvalue weighted by atomic mass is 15.1. The molecule has 0 aliphatic heterocycles. The van der Waals surface area contributed by atoms with E-state index in [0.717, 1.165) is 72.6 Å². The number of para-hydroxylation sites is 3. The first kappa shape index (κ1) is 61.2. The maximum absolute atomic E-state index is 5.30. The molecule has 6 heteroatoms. The lowest BCUT2D eigenvalue weighted by atomic mass is 9.86. The lowest BCUT2D eigenvalue weighted by molar-refractivity contribution is 1.07. The van der Waals surface area contributed by atoms with Gasteiger partial charge in [-0.15, -0.1) is 0 Å². The summed E-state index contributed by atoms with van der Waals surface area (Å²) in [7, 11) is 0. The van der Waals surface area contributed by atoms with Gasteiger partial charge in [0, 0.05) is 49.5 Å². The number of rotatable bonds is 11. The van der Waals surface area contributed by atoms with Gasteiger partial charge in [-0.05, 0) is 155 Å². The lowest BCUT2D eigenvalue weighted by Gasteiger charge is -2.18. The van der Waals surface area contributed by atoms with Gasteiger partial charge < -0.3 is 4.57 Å². The predicted molar refractivity (Wildman–Crippen MR) is 434 cm³/mol. The van der Waals surface area contributed by atoms with Crippen molar-refractivity contribution in [2.75, 3.05) is 0 Å². The SMILES string of the molecule is c1ccc(-c2cc(-c3ccccc3)nc(-n3c4ccccc4c4cc(-c5ccc6c(c5)c5ccccc5n6-c5ccccc5)ccc43)c2)cc1.c1ccc(-c2nc(-c3ccccc3)nc(-c3ccccc3-c3ccccc3-c3ccccc3-c3ccc4c5ccccc5c5ccccc5c4c3)n2)cc1. The van der Waals surface area contributed by atoms with Crippen LogP contribution in [0.5, 0.6) is 0 Å². The summed E-state index contributed by atoms with van der Waals surface area (Å²) >= 11 is 0. The monoisotopic (exact) mass is 1320 g/mol. The fourth-order valence-electron chi connectivity index (χ4n) is 15.4. The van der Waals surface area contributed by atoms with Gasteiger partial charge >= 0.3 is 0 Å². The highest BCUT2D eigenvalue weighted by Gasteiger charge is 2.22. The number of nitrogens with zero attached hydrogens (tertiary/aromatic N) is 6. The molecule has 0 N–H and O–H groups in total. The van der Waals surface area contributed by atoms with Crippen LogP contribution in [-0.4, -0.2) is 29.1 Å². The first-order valence-corrected chi connectivity index (χ1v) is 35.3. The maximum Gasteiger partial charge on any atom is 0.164 e. The van der Waals surface area contributed by atoms with E-state index >= 15 is 0 Å². The average Bonchev–Trinajstić information content (AvgIpc) is 1.52. The normalized spacial score (nSPS) is 11.5. The van der Waals surface area contributed by atoms with Gasteiger partial charge in [-0.1, -0.05) is 322 Å². The summed E-state index contributed by atoms with van der Waals surface area (Å²) in [5, 5.41) is 12.5. The zero-order chi connectivity index (χ0) is 68.9. The molecule has 20 aromatic rings. The molecule has 0 aliphatic rings. The predicted octanol–water partition coefficient (Wildman–Crippen LogP) is 25.6. The fraction of sp³-hybridized carbons (Fsp3) is 0. The Morgan fingerprint density at radius 2 is 0.510 bits per heavy atom. The molecule has 0 saturated carbocycles. The van der Waals surface area contributed by atoms with E-state index in [4.69, 9.17) is 19.9 Å². The minimum absolute atomic E-state index is 0.634. The summed E-state index contributed by atoms with van der Waals surface area (Å²) in [6.45, 7) is 0. The molecule has 486 valence electrons. The van der Waals surface area contributed by atoms with E-state index in [2.05, 4.69) is 337 Å². The van der Waals surface area contributed by atoms with Crippen molar-refractivity contribution in [1.29, 1.82) is 0 Å². The standard InChI is InChI=1S/C51H33N3.C47H31N3/c1-3-17-34(18-4-1)49-52-50(35-19-5-2-6-20-35)54-51(53-49)47-30-16-15-28-44(47)41-25-11-9-23-39(41)38-22-8-7-21-37(38)36-31-32-46-43-27-12-10-24-40(43)42-26-13-14-29-45(42)48(46)33-36;1-4-14-32(15-5-1)36-30-42(33-16-6-2-7-17-33)48-47(31-36)50-44-23-13-11-21-39(44)41-29-35(25-27-46(41)50)34-24-26-45-40(28-34)38-20-10-12-22-43(38)49(45)37-18-8-3-9-19-37/h1-33H;1-31H. The molecule has 0 bridgehead atoms. The number of hydrogen-bond donors (Lipinski definition) is 0. The van der Waals surface area contributed by atoms with Crippen molar-refractivity contribution < 1.29 is 0 Å². The minimum atomic E-state index is 0.634. The van der Waals surface area contributed by atoms with Gasteiger partial charge in [-0.25, -0.2) is 19.9 Å². The Labute approximate surface area is 602 Å². The van der Waals surface area contributed by atoms with E-state index in [1.54, 1.807) is 0 Å². The van der Waals surface area contributed by atoms with Crippen LogP contribution < -0.4 is 0 Å². The fourth-order valence-corrected chi connectivity index (χ4v) is 15.4. The van der Waals surface area contributed by atoms with Crippen LogP contribution in [0.25, 0.3) is 188 Å². The molecular weight excluding hydrogens is 1260 g/mol. The lowest BCUT2D eigenvalue weighted by Crippen LogP contribution is -2.01. The Morgan fingerprint density at radius 3 is 1.04 bits per heavy atom. The second-order valence-corrected chi connectivity index (χ2v) is 26.4. The number of aromatic nitrogens is 6. The van der Waals surface area contributed by atoms with Gasteiger partial charge in [0.1, 0.15) is 5.82 Å². The summed E-state index contributed by atoms with van der Waals surface area (Å²) in [6.07, 6.45) is 0. The first-order valence-electron chi connectivity index (χ1n) is 35.3. The van der Waals surface area contributed by atoms with Crippen molar-refractivity contribution in [2.45, 2.75) is 0 Å². The smallest absolute Gasteiger partial charge is 0.164 e. The van der Waals surface area contributed by atoms with Crippen LogP contribution in [-0.2, 0) is 0 Å². The first-order chi connectivity index (χ1) is 51.6. The molecule has 0 spiro atoms. The van der Waals surface area contributed by atoms with Gasteiger partial charge in [0.2, 0.25) is 0 Å². The van der Waals surface area contributed by atoms with E-state index < -0.39 is 0 Å². The van der Waals surface area contributed by atoms with Crippen LogP contribution in [0.3, 0.4) is 0 Å². The molecular formula is C98H64N6. The van der Waals surface area contributed by atoms with E-state index in [0.29, 0.717) is 17.5 Å². The van der Waals surface area contributed by atoms with Crippen LogP contribution >= 0.6 is 0 Å². The number of fused-ring (bicyclic) bond motifs is 12. The molecule has 0 radical (unpaired) electrons. The summed E-state index contributed by atoms with van der Waals surface area (Å²) in [6, 6.07) is 138. The van der Waals surface area contributed by atoms with Gasteiger partial charge in [0.15, 0.2) is 17.5 Å². The minimum Gasteiger partial charge on any atom is -0.309 e. The number of benzene rings is 16. The summed E-state index contributed by atoms with van der Waals surface area (Å²) in [5.74, 6) is 2.82. The van der Waals surface area contributed by atoms with Gasteiger partial charge in [0.05, 0.1) is 27.8 Å². The third-order valence-electron chi connectivity index (χ3n) is 20.3. The van der Waals surface area contributed by atoms with Crippen LogP contribution in [0.4, 0.5) is 0 Å². The molecule has 0 atom stereocenters. The van der Waals surface area contributed by atoms with Crippen molar-refractivity contribution in [3.8, 4) is 113 Å². The number of hydrogen-bond acceptors (Lipinski definition) is 4. The largest absolute Gasteiger partial charge is 0.309 e. The van der Waals surface area contributed by atoms with E-state index in [-0.39, 0.29) is 0 Å². The van der Waals surface area contributed by atoms with E-state index in [1.165, 1.54) is 98.4 Å². The van der Waals surface area contributed by atoms with Crippen LogP contribution in [0.15, 0.2) is 388 Å². The molecule has 6 nitrogen and oxygen atoms in total. The van der Waals surface area contributed by atoms with Crippen LogP contribution in [0.1, 0.15) is 0 Å². The quantitative estimate of drug-likeness (QED) is 0.121. The third kappa shape index (κ3) is 11.0. The molecule has 0 fully saturated rings. The molecule has 0 aliphatic carbocycles. The van der Waals surface area contributed by atoms with E-state index in [1.807, 2.05) is 60.7 Å². The Balaban J connectivity index is 0.000000144. The Kier molecular flexibility index (Phi) is 15.5. The van der Waals surface area contributed by atoms with Gasteiger partial charge in [0.25, 0.3) is 0 Å². The average molecular weight is 1330 g/mol. The summed E-state index contributed by atoms with van der Waals surface area (Å²) < 4.78 is 4.69. The Hall–Kier alpha value is -13.9. The summed E-state index contributed by atoms with van der Waals surface area (Å²) in [5.41, 5.74) is 22.3. The topological polar surface area (TPSA) is 61.4 Å². The maximum atomic E-state index is 5.30. The van der Waals surface area contributed by atoms with E-state index in [9.17, 15) is 0 Å². The number of pyridine rings is 1.